The Morgan fingerprint density at radius 1 is 1.10 bits per heavy atom. The van der Waals surface area contributed by atoms with E-state index in [1.165, 1.54) is 13.8 Å². The van der Waals surface area contributed by atoms with Crippen molar-refractivity contribution in [1.29, 1.82) is 0 Å². The third-order valence-electron chi connectivity index (χ3n) is 3.03. The maximum absolute atomic E-state index is 13.0. The summed E-state index contributed by atoms with van der Waals surface area (Å²) in [5.41, 5.74) is -1.94. The summed E-state index contributed by atoms with van der Waals surface area (Å²) in [6.45, 7) is 0.548. The van der Waals surface area contributed by atoms with Crippen molar-refractivity contribution >= 4 is 22.8 Å². The topological polar surface area (TPSA) is 43.4 Å². The lowest BCUT2D eigenvalue weighted by Crippen LogP contribution is -2.47. The predicted octanol–water partition coefficient (Wildman–Crippen LogP) is 3.64. The Hall–Kier alpha value is -0.990. The lowest BCUT2D eigenvalue weighted by molar-refractivity contribution is -0.255. The van der Waals surface area contributed by atoms with Gasteiger partial charge in [-0.2, -0.15) is 22.0 Å². The van der Waals surface area contributed by atoms with Gasteiger partial charge in [0, 0.05) is 0 Å². The SMILES string of the molecule is CCC(CC)(C(=O)Cl)C(=O)OCC(F)(F)C(F)C(F)(F)F. The summed E-state index contributed by atoms with van der Waals surface area (Å²) in [6.07, 6.45) is -10.7. The molecule has 0 saturated heterocycles. The average molecular weight is 343 g/mol. The quantitative estimate of drug-likeness (QED) is 0.307. The summed E-state index contributed by atoms with van der Waals surface area (Å²) >= 11 is 5.20. The maximum atomic E-state index is 13.0. The summed E-state index contributed by atoms with van der Waals surface area (Å²) in [6, 6.07) is 0. The van der Waals surface area contributed by atoms with Crippen LogP contribution in [-0.4, -0.2) is 36.1 Å². The Bertz CT molecular complexity index is 392. The first-order valence-corrected chi connectivity index (χ1v) is 6.18. The van der Waals surface area contributed by atoms with E-state index in [0.717, 1.165) is 0 Å². The molecule has 0 aliphatic heterocycles. The van der Waals surface area contributed by atoms with Crippen LogP contribution in [0.25, 0.3) is 0 Å². The standard InChI is InChI=1S/C11H13ClF6O3/c1-3-9(4-2,7(12)19)8(20)21-5-10(14,15)6(13)11(16,17)18/h6H,3-5H2,1-2H3. The molecule has 0 heterocycles. The predicted molar refractivity (Wildman–Crippen MR) is 60.7 cm³/mol. The Morgan fingerprint density at radius 2 is 1.52 bits per heavy atom. The number of alkyl halides is 6. The fraction of sp³-hybridized carbons (Fsp3) is 0.818. The monoisotopic (exact) mass is 342 g/mol. The van der Waals surface area contributed by atoms with Gasteiger partial charge in [-0.15, -0.1) is 0 Å². The molecular formula is C11H13ClF6O3. The second-order valence-corrected chi connectivity index (χ2v) is 4.65. The third kappa shape index (κ3) is 4.49. The van der Waals surface area contributed by atoms with Gasteiger partial charge in [-0.3, -0.25) is 9.59 Å². The molecule has 10 heteroatoms. The molecule has 0 spiro atoms. The molecule has 1 atom stereocenters. The highest BCUT2D eigenvalue weighted by atomic mass is 35.5. The molecule has 0 radical (unpaired) electrons. The highest BCUT2D eigenvalue weighted by Crippen LogP contribution is 2.36. The lowest BCUT2D eigenvalue weighted by Gasteiger charge is -2.27. The molecule has 0 amide bonds. The molecule has 0 aromatic heterocycles. The van der Waals surface area contributed by atoms with E-state index < -0.39 is 41.5 Å². The summed E-state index contributed by atoms with van der Waals surface area (Å²) in [7, 11) is 0. The Morgan fingerprint density at radius 3 is 1.81 bits per heavy atom. The van der Waals surface area contributed by atoms with Crippen LogP contribution in [0.1, 0.15) is 26.7 Å². The highest BCUT2D eigenvalue weighted by molar-refractivity contribution is 6.66. The molecule has 0 aromatic rings. The minimum atomic E-state index is -5.80. The van der Waals surface area contributed by atoms with Gasteiger partial charge in [0.05, 0.1) is 0 Å². The molecular weight excluding hydrogens is 330 g/mol. The van der Waals surface area contributed by atoms with E-state index in [-0.39, 0.29) is 12.8 Å². The van der Waals surface area contributed by atoms with Crippen molar-refractivity contribution in [2.45, 2.75) is 45.0 Å². The zero-order chi connectivity index (χ0) is 17.1. The summed E-state index contributed by atoms with van der Waals surface area (Å²) in [4.78, 5) is 22.8. The molecule has 0 aromatic carbocycles. The number of carbonyl (C=O) groups excluding carboxylic acids is 2. The van der Waals surface area contributed by atoms with Crippen LogP contribution in [0.4, 0.5) is 26.3 Å². The first kappa shape index (κ1) is 20.0. The van der Waals surface area contributed by atoms with Crippen molar-refractivity contribution in [3.63, 3.8) is 0 Å². The first-order chi connectivity index (χ1) is 9.35. The third-order valence-corrected chi connectivity index (χ3v) is 3.39. The van der Waals surface area contributed by atoms with Crippen molar-refractivity contribution in [3.8, 4) is 0 Å². The smallest absolute Gasteiger partial charge is 0.425 e. The van der Waals surface area contributed by atoms with E-state index in [9.17, 15) is 35.9 Å². The molecule has 0 bridgehead atoms. The summed E-state index contributed by atoms with van der Waals surface area (Å²) in [5, 5.41) is -1.19. The number of esters is 1. The van der Waals surface area contributed by atoms with Crippen molar-refractivity contribution in [2.75, 3.05) is 6.61 Å². The van der Waals surface area contributed by atoms with Crippen molar-refractivity contribution in [2.24, 2.45) is 5.41 Å². The van der Waals surface area contributed by atoms with E-state index in [2.05, 4.69) is 4.74 Å². The molecule has 0 rings (SSSR count). The highest BCUT2D eigenvalue weighted by Gasteiger charge is 2.58. The average Bonchev–Trinajstić information content (AvgIpc) is 2.36. The number of hydrogen-bond acceptors (Lipinski definition) is 3. The van der Waals surface area contributed by atoms with Crippen molar-refractivity contribution in [3.05, 3.63) is 0 Å². The Labute approximate surface area is 121 Å². The minimum Gasteiger partial charge on any atom is -0.458 e. The van der Waals surface area contributed by atoms with Gasteiger partial charge in [-0.1, -0.05) is 13.8 Å². The van der Waals surface area contributed by atoms with Crippen LogP contribution in [0.15, 0.2) is 0 Å². The minimum absolute atomic E-state index is 0.200. The number of carbonyl (C=O) groups is 2. The molecule has 0 saturated carbocycles. The summed E-state index contributed by atoms with van der Waals surface area (Å²) < 4.78 is 78.2. The van der Waals surface area contributed by atoms with Gasteiger partial charge in [-0.05, 0) is 24.4 Å². The number of hydrogen-bond donors (Lipinski definition) is 0. The lowest BCUT2D eigenvalue weighted by atomic mass is 9.84. The molecule has 0 aliphatic rings. The molecule has 124 valence electrons. The van der Waals surface area contributed by atoms with Gasteiger partial charge in [0.1, 0.15) is 5.41 Å². The Kier molecular flexibility index (Phi) is 6.52. The first-order valence-electron chi connectivity index (χ1n) is 5.81. The van der Waals surface area contributed by atoms with Gasteiger partial charge >= 0.3 is 18.1 Å². The van der Waals surface area contributed by atoms with Crippen molar-refractivity contribution in [1.82, 2.24) is 0 Å². The molecule has 21 heavy (non-hydrogen) atoms. The van der Waals surface area contributed by atoms with E-state index >= 15 is 0 Å². The van der Waals surface area contributed by atoms with E-state index in [4.69, 9.17) is 11.6 Å². The van der Waals surface area contributed by atoms with Gasteiger partial charge in [0.25, 0.3) is 6.17 Å². The van der Waals surface area contributed by atoms with Crippen LogP contribution in [-0.2, 0) is 14.3 Å². The zero-order valence-electron chi connectivity index (χ0n) is 11.1. The van der Waals surface area contributed by atoms with Gasteiger partial charge in [0.15, 0.2) is 6.61 Å². The molecule has 0 N–H and O–H groups in total. The van der Waals surface area contributed by atoms with Crippen LogP contribution in [0, 0.1) is 5.41 Å². The second-order valence-electron chi connectivity index (χ2n) is 4.30. The fourth-order valence-electron chi connectivity index (χ4n) is 1.51. The Balaban J connectivity index is 5.00. The largest absolute Gasteiger partial charge is 0.458 e. The molecule has 1 unspecified atom stereocenters. The fourth-order valence-corrected chi connectivity index (χ4v) is 1.85. The number of ether oxygens (including phenoxy) is 1. The van der Waals surface area contributed by atoms with Gasteiger partial charge in [0.2, 0.25) is 5.24 Å². The van der Waals surface area contributed by atoms with Crippen LogP contribution in [0.5, 0.6) is 0 Å². The summed E-state index contributed by atoms with van der Waals surface area (Å²) in [5.74, 6) is -6.47. The van der Waals surface area contributed by atoms with Crippen LogP contribution in [0.3, 0.4) is 0 Å². The van der Waals surface area contributed by atoms with E-state index in [0.29, 0.717) is 0 Å². The van der Waals surface area contributed by atoms with Crippen LogP contribution >= 0.6 is 11.6 Å². The van der Waals surface area contributed by atoms with Gasteiger partial charge < -0.3 is 4.74 Å². The molecule has 3 nitrogen and oxygen atoms in total. The normalized spacial score (nSPS) is 14.7. The molecule has 0 fully saturated rings. The zero-order valence-corrected chi connectivity index (χ0v) is 11.8. The van der Waals surface area contributed by atoms with E-state index in [1.54, 1.807) is 0 Å². The second kappa shape index (κ2) is 6.85. The maximum Gasteiger partial charge on any atom is 0.425 e. The van der Waals surface area contributed by atoms with Crippen LogP contribution in [0.2, 0.25) is 0 Å². The van der Waals surface area contributed by atoms with Crippen LogP contribution < -0.4 is 0 Å². The molecule has 0 aliphatic carbocycles. The number of halogens is 7. The number of rotatable bonds is 7. The van der Waals surface area contributed by atoms with Crippen molar-refractivity contribution < 1.29 is 40.7 Å². The van der Waals surface area contributed by atoms with E-state index in [1.807, 2.05) is 0 Å². The van der Waals surface area contributed by atoms with Gasteiger partial charge in [-0.25, -0.2) is 4.39 Å².